The van der Waals surface area contributed by atoms with Gasteiger partial charge in [0, 0.05) is 57.0 Å². The van der Waals surface area contributed by atoms with Gasteiger partial charge in [-0.1, -0.05) is 13.0 Å². The van der Waals surface area contributed by atoms with Crippen LogP contribution >= 0.6 is 0 Å². The standard InChI is InChI=1S/C27H33F3N6O4/c1-4-23(37)34-22(25(39)36-9-7-35(3)8-10-36)13-18-5-6-21(20(28)12-18)33-24(38)16-32-26(40)27(29,30)19-11-17(2)14-31-15-19/h5-6,11-12,14-15,22H,4,7-10,13,16H2,1-3H3,(H,32,40)(H,33,38)(H,34,37). The topological polar surface area (TPSA) is 124 Å². The number of carbonyl (C=O) groups is 4. The number of hydrogen-bond acceptors (Lipinski definition) is 6. The minimum atomic E-state index is -3.92. The number of nitrogens with zero attached hydrogens (tertiary/aromatic N) is 3. The first-order chi connectivity index (χ1) is 18.9. The summed E-state index contributed by atoms with van der Waals surface area (Å²) in [6.45, 7) is 4.81. The summed E-state index contributed by atoms with van der Waals surface area (Å²) in [5, 5.41) is 6.78. The highest BCUT2D eigenvalue weighted by Gasteiger charge is 2.41. The first-order valence-corrected chi connectivity index (χ1v) is 12.8. The number of piperazine rings is 1. The molecule has 1 aromatic carbocycles. The van der Waals surface area contributed by atoms with E-state index in [4.69, 9.17) is 0 Å². The van der Waals surface area contributed by atoms with Gasteiger partial charge in [0.2, 0.25) is 17.7 Å². The Labute approximate surface area is 230 Å². The van der Waals surface area contributed by atoms with E-state index in [2.05, 4.69) is 20.5 Å². The van der Waals surface area contributed by atoms with E-state index in [0.29, 0.717) is 37.3 Å². The zero-order valence-corrected chi connectivity index (χ0v) is 22.6. The van der Waals surface area contributed by atoms with Gasteiger partial charge in [0.25, 0.3) is 5.91 Å². The highest BCUT2D eigenvalue weighted by molar-refractivity contribution is 5.96. The van der Waals surface area contributed by atoms with E-state index in [1.54, 1.807) is 18.7 Å². The summed E-state index contributed by atoms with van der Waals surface area (Å²) in [6.07, 6.45) is 2.43. The van der Waals surface area contributed by atoms with E-state index in [0.717, 1.165) is 18.3 Å². The summed E-state index contributed by atoms with van der Waals surface area (Å²) in [4.78, 5) is 56.8. The molecule has 13 heteroatoms. The van der Waals surface area contributed by atoms with Gasteiger partial charge in [0.05, 0.1) is 12.2 Å². The van der Waals surface area contributed by atoms with E-state index in [1.165, 1.54) is 18.3 Å². The number of halogens is 3. The van der Waals surface area contributed by atoms with Crippen molar-refractivity contribution < 1.29 is 32.3 Å². The molecule has 2 aromatic rings. The maximum atomic E-state index is 14.8. The van der Waals surface area contributed by atoms with Gasteiger partial charge in [0.1, 0.15) is 11.9 Å². The SMILES string of the molecule is CCC(=O)NC(Cc1ccc(NC(=O)CNC(=O)C(F)(F)c2cncc(C)c2)c(F)c1)C(=O)N1CCN(C)CC1. The Balaban J connectivity index is 1.61. The quantitative estimate of drug-likeness (QED) is 0.404. The average Bonchev–Trinajstić information content (AvgIpc) is 2.92. The lowest BCUT2D eigenvalue weighted by molar-refractivity contribution is -0.147. The molecule has 3 N–H and O–H groups in total. The lowest BCUT2D eigenvalue weighted by Gasteiger charge is -2.34. The zero-order valence-electron chi connectivity index (χ0n) is 22.6. The molecule has 0 saturated carbocycles. The molecule has 0 aliphatic carbocycles. The molecule has 0 bridgehead atoms. The molecule has 1 aliphatic heterocycles. The third-order valence-electron chi connectivity index (χ3n) is 6.45. The molecular formula is C27H33F3N6O4. The summed E-state index contributed by atoms with van der Waals surface area (Å²) in [5.41, 5.74) is -0.0211. The minimum absolute atomic E-state index is 0.0288. The van der Waals surface area contributed by atoms with Crippen molar-refractivity contribution in [3.05, 3.63) is 59.2 Å². The Kier molecular flexibility index (Phi) is 10.2. The summed E-state index contributed by atoms with van der Waals surface area (Å²) in [6, 6.07) is 4.08. The van der Waals surface area contributed by atoms with E-state index in [-0.39, 0.29) is 30.3 Å². The number of amides is 4. The number of pyridine rings is 1. The van der Waals surface area contributed by atoms with Crippen LogP contribution in [0.15, 0.2) is 36.7 Å². The van der Waals surface area contributed by atoms with Crippen LogP contribution in [0.5, 0.6) is 0 Å². The number of carbonyl (C=O) groups excluding carboxylic acids is 4. The van der Waals surface area contributed by atoms with Crippen molar-refractivity contribution in [2.24, 2.45) is 0 Å². The summed E-state index contributed by atoms with van der Waals surface area (Å²) < 4.78 is 43.6. The molecule has 1 fully saturated rings. The third kappa shape index (κ3) is 8.01. The number of likely N-dealkylation sites (N-methyl/N-ethyl adjacent to an activating group) is 1. The number of benzene rings is 1. The van der Waals surface area contributed by atoms with Crippen molar-refractivity contribution in [3.8, 4) is 0 Å². The molecule has 40 heavy (non-hydrogen) atoms. The van der Waals surface area contributed by atoms with E-state index >= 15 is 0 Å². The van der Waals surface area contributed by atoms with Crippen LogP contribution in [0.4, 0.5) is 18.9 Å². The average molecular weight is 563 g/mol. The number of aromatic nitrogens is 1. The normalized spacial score (nSPS) is 14.8. The molecule has 1 saturated heterocycles. The van der Waals surface area contributed by atoms with Crippen molar-refractivity contribution >= 4 is 29.3 Å². The molecular weight excluding hydrogens is 529 g/mol. The number of aryl methyl sites for hydroxylation is 1. The van der Waals surface area contributed by atoms with E-state index in [1.807, 2.05) is 12.4 Å². The Hall–Kier alpha value is -4.00. The van der Waals surface area contributed by atoms with Crippen LogP contribution in [0.25, 0.3) is 0 Å². The molecule has 4 amide bonds. The Bertz CT molecular complexity index is 1250. The molecule has 0 radical (unpaired) electrons. The van der Waals surface area contributed by atoms with Crippen molar-refractivity contribution in [2.75, 3.05) is 45.1 Å². The number of nitrogens with one attached hydrogen (secondary N) is 3. The number of anilines is 1. The number of alkyl halides is 2. The first kappa shape index (κ1) is 30.5. The molecule has 0 spiro atoms. The third-order valence-corrected chi connectivity index (χ3v) is 6.45. The van der Waals surface area contributed by atoms with Crippen LogP contribution in [0.2, 0.25) is 0 Å². The Morgan fingerprint density at radius 1 is 1.05 bits per heavy atom. The van der Waals surface area contributed by atoms with Crippen molar-refractivity contribution in [1.82, 2.24) is 25.4 Å². The van der Waals surface area contributed by atoms with Gasteiger partial charge in [-0.25, -0.2) is 4.39 Å². The fourth-order valence-corrected chi connectivity index (χ4v) is 4.09. The second-order valence-electron chi connectivity index (χ2n) is 9.68. The molecule has 216 valence electrons. The Morgan fingerprint density at radius 2 is 1.75 bits per heavy atom. The monoisotopic (exact) mass is 562 g/mol. The molecule has 3 rings (SSSR count). The van der Waals surface area contributed by atoms with Gasteiger partial charge >= 0.3 is 5.92 Å². The summed E-state index contributed by atoms with van der Waals surface area (Å²) in [5.74, 6) is -7.95. The molecule has 10 nitrogen and oxygen atoms in total. The highest BCUT2D eigenvalue weighted by Crippen LogP contribution is 2.28. The lowest BCUT2D eigenvalue weighted by atomic mass is 10.0. The zero-order chi connectivity index (χ0) is 29.4. The van der Waals surface area contributed by atoms with Gasteiger partial charge < -0.3 is 25.8 Å². The maximum Gasteiger partial charge on any atom is 0.351 e. The molecule has 1 unspecified atom stereocenters. The van der Waals surface area contributed by atoms with Crippen LogP contribution < -0.4 is 16.0 Å². The van der Waals surface area contributed by atoms with Crippen molar-refractivity contribution in [2.45, 2.75) is 38.7 Å². The second-order valence-corrected chi connectivity index (χ2v) is 9.68. The van der Waals surface area contributed by atoms with E-state index in [9.17, 15) is 32.3 Å². The van der Waals surface area contributed by atoms with Crippen LogP contribution in [0.3, 0.4) is 0 Å². The lowest BCUT2D eigenvalue weighted by Crippen LogP contribution is -2.54. The van der Waals surface area contributed by atoms with Crippen molar-refractivity contribution in [3.63, 3.8) is 0 Å². The van der Waals surface area contributed by atoms with Gasteiger partial charge in [-0.15, -0.1) is 0 Å². The fraction of sp³-hybridized carbons (Fsp3) is 0.444. The second kappa shape index (κ2) is 13.4. The Morgan fingerprint density at radius 3 is 2.38 bits per heavy atom. The molecule has 2 heterocycles. The summed E-state index contributed by atoms with van der Waals surface area (Å²) >= 11 is 0. The van der Waals surface area contributed by atoms with Crippen LogP contribution in [0, 0.1) is 12.7 Å². The van der Waals surface area contributed by atoms with Crippen LogP contribution in [-0.2, 0) is 31.5 Å². The number of rotatable bonds is 10. The van der Waals surface area contributed by atoms with Crippen molar-refractivity contribution in [1.29, 1.82) is 0 Å². The summed E-state index contributed by atoms with van der Waals surface area (Å²) in [7, 11) is 1.95. The largest absolute Gasteiger partial charge is 0.351 e. The maximum absolute atomic E-state index is 14.8. The minimum Gasteiger partial charge on any atom is -0.344 e. The highest BCUT2D eigenvalue weighted by atomic mass is 19.3. The van der Waals surface area contributed by atoms with Gasteiger partial charge in [0.15, 0.2) is 0 Å². The first-order valence-electron chi connectivity index (χ1n) is 12.8. The molecule has 1 aliphatic rings. The molecule has 1 atom stereocenters. The smallest absolute Gasteiger partial charge is 0.344 e. The van der Waals surface area contributed by atoms with Crippen LogP contribution in [-0.4, -0.2) is 84.2 Å². The predicted molar refractivity (Wildman–Crippen MR) is 141 cm³/mol. The fourth-order valence-electron chi connectivity index (χ4n) is 4.09. The van der Waals surface area contributed by atoms with Gasteiger partial charge in [-0.3, -0.25) is 24.2 Å². The predicted octanol–water partition coefficient (Wildman–Crippen LogP) is 1.59. The van der Waals surface area contributed by atoms with Gasteiger partial charge in [-0.05, 0) is 43.3 Å². The van der Waals surface area contributed by atoms with Crippen LogP contribution in [0.1, 0.15) is 30.0 Å². The number of hydrogen-bond donors (Lipinski definition) is 3. The van der Waals surface area contributed by atoms with Gasteiger partial charge in [-0.2, -0.15) is 8.78 Å². The van der Waals surface area contributed by atoms with E-state index < -0.39 is 41.7 Å². The molecule has 1 aromatic heterocycles.